The first kappa shape index (κ1) is 14.1. The van der Waals surface area contributed by atoms with E-state index in [0.29, 0.717) is 19.6 Å². The minimum atomic E-state index is -0.889. The molecule has 0 bridgehead atoms. The summed E-state index contributed by atoms with van der Waals surface area (Å²) in [5.41, 5.74) is 10.8. The molecule has 0 radical (unpaired) electrons. The van der Waals surface area contributed by atoms with Gasteiger partial charge in [0, 0.05) is 19.2 Å². The summed E-state index contributed by atoms with van der Waals surface area (Å²) in [4.78, 5) is 37.4. The molecular weight excluding hydrogens is 268 g/mol. The number of rotatable bonds is 3. The van der Waals surface area contributed by atoms with Gasteiger partial charge >= 0.3 is 0 Å². The number of hydrogen-bond acceptors (Lipinski definition) is 5. The summed E-state index contributed by atoms with van der Waals surface area (Å²) in [5.74, 6) is -0.0134. The van der Waals surface area contributed by atoms with Crippen LogP contribution in [0.25, 0.3) is 0 Å². The number of primary amides is 1. The minimum Gasteiger partial charge on any atom is -0.370 e. The van der Waals surface area contributed by atoms with Crippen molar-refractivity contribution in [2.24, 2.45) is 11.5 Å². The van der Waals surface area contributed by atoms with Crippen LogP contribution in [0.2, 0.25) is 0 Å². The van der Waals surface area contributed by atoms with Gasteiger partial charge < -0.3 is 21.3 Å². The molecule has 19 heavy (non-hydrogen) atoms. The summed E-state index contributed by atoms with van der Waals surface area (Å²) in [6, 6.07) is -0.889. The molecule has 1 spiro atoms. The molecule has 0 unspecified atom stereocenters. The van der Waals surface area contributed by atoms with Gasteiger partial charge in [-0.2, -0.15) is 0 Å². The van der Waals surface area contributed by atoms with Crippen molar-refractivity contribution in [3.8, 4) is 0 Å². The molecule has 7 nitrogen and oxygen atoms in total. The molecule has 2 aliphatic rings. The van der Waals surface area contributed by atoms with E-state index in [0.717, 1.165) is 5.75 Å². The van der Waals surface area contributed by atoms with Crippen molar-refractivity contribution in [3.63, 3.8) is 0 Å². The number of hydrogen-bond donors (Lipinski definition) is 2. The molecular formula is C11H18N4O3S. The van der Waals surface area contributed by atoms with E-state index in [1.54, 1.807) is 21.6 Å². The first-order chi connectivity index (χ1) is 8.85. The number of carbonyl (C=O) groups is 3. The molecule has 0 aromatic heterocycles. The van der Waals surface area contributed by atoms with Crippen LogP contribution in [0.15, 0.2) is 0 Å². The number of amides is 3. The second-order valence-corrected chi connectivity index (χ2v) is 6.39. The zero-order chi connectivity index (χ0) is 14.2. The van der Waals surface area contributed by atoms with Crippen LogP contribution >= 0.6 is 11.8 Å². The predicted octanol–water partition coefficient (Wildman–Crippen LogP) is -1.68. The maximum absolute atomic E-state index is 12.2. The Bertz CT molecular complexity index is 422. The van der Waals surface area contributed by atoms with Crippen molar-refractivity contribution in [2.75, 3.05) is 25.4 Å². The first-order valence-electron chi connectivity index (χ1n) is 6.10. The fourth-order valence-corrected chi connectivity index (χ4v) is 3.94. The Hall–Kier alpha value is -1.28. The SMILES string of the molecule is CC(=O)N1CC2(C1)SCCN2C(=O)[C@@H](N)CC(N)=O. The Kier molecular flexibility index (Phi) is 3.73. The largest absolute Gasteiger partial charge is 0.370 e. The number of carbonyl (C=O) groups excluding carboxylic acids is 3. The number of nitrogens with two attached hydrogens (primary N) is 2. The molecule has 3 amide bonds. The van der Waals surface area contributed by atoms with E-state index in [1.165, 1.54) is 6.92 Å². The van der Waals surface area contributed by atoms with Gasteiger partial charge in [-0.1, -0.05) is 0 Å². The lowest BCUT2D eigenvalue weighted by atomic mass is 10.0. The van der Waals surface area contributed by atoms with Gasteiger partial charge in [0.1, 0.15) is 4.87 Å². The van der Waals surface area contributed by atoms with Crippen molar-refractivity contribution in [2.45, 2.75) is 24.3 Å². The van der Waals surface area contributed by atoms with Gasteiger partial charge in [0.25, 0.3) is 0 Å². The lowest BCUT2D eigenvalue weighted by Gasteiger charge is -2.51. The summed E-state index contributed by atoms with van der Waals surface area (Å²) in [6.45, 7) is 3.17. The summed E-state index contributed by atoms with van der Waals surface area (Å²) in [7, 11) is 0. The van der Waals surface area contributed by atoms with E-state index in [1.807, 2.05) is 0 Å². The molecule has 4 N–H and O–H groups in total. The lowest BCUT2D eigenvalue weighted by Crippen LogP contribution is -2.69. The van der Waals surface area contributed by atoms with Crippen molar-refractivity contribution in [1.82, 2.24) is 9.80 Å². The van der Waals surface area contributed by atoms with Gasteiger partial charge in [-0.15, -0.1) is 11.8 Å². The van der Waals surface area contributed by atoms with E-state index >= 15 is 0 Å². The normalized spacial score (nSPS) is 22.2. The summed E-state index contributed by atoms with van der Waals surface area (Å²) >= 11 is 1.66. The lowest BCUT2D eigenvalue weighted by molar-refractivity contribution is -0.148. The van der Waals surface area contributed by atoms with Crippen molar-refractivity contribution >= 4 is 29.5 Å². The Morgan fingerprint density at radius 1 is 1.37 bits per heavy atom. The first-order valence-corrected chi connectivity index (χ1v) is 7.09. The monoisotopic (exact) mass is 286 g/mol. The molecule has 0 aromatic carbocycles. The number of thioether (sulfide) groups is 1. The van der Waals surface area contributed by atoms with Gasteiger partial charge in [-0.3, -0.25) is 14.4 Å². The maximum atomic E-state index is 12.2. The Morgan fingerprint density at radius 2 is 2.00 bits per heavy atom. The molecule has 1 atom stereocenters. The second-order valence-electron chi connectivity index (χ2n) is 4.94. The van der Waals surface area contributed by atoms with Crippen molar-refractivity contribution in [3.05, 3.63) is 0 Å². The molecule has 8 heteroatoms. The average Bonchev–Trinajstić information content (AvgIpc) is 2.68. The van der Waals surface area contributed by atoms with Gasteiger partial charge in [-0.05, 0) is 0 Å². The van der Waals surface area contributed by atoms with Crippen LogP contribution in [-0.2, 0) is 14.4 Å². The van der Waals surface area contributed by atoms with E-state index < -0.39 is 11.9 Å². The molecule has 0 aromatic rings. The fraction of sp³-hybridized carbons (Fsp3) is 0.727. The predicted molar refractivity (Wildman–Crippen MR) is 70.9 cm³/mol. The molecule has 106 valence electrons. The highest BCUT2D eigenvalue weighted by Crippen LogP contribution is 2.43. The van der Waals surface area contributed by atoms with Crippen LogP contribution in [0.1, 0.15) is 13.3 Å². The van der Waals surface area contributed by atoms with Crippen molar-refractivity contribution in [1.29, 1.82) is 0 Å². The molecule has 2 aliphatic heterocycles. The second kappa shape index (κ2) is 5.01. The maximum Gasteiger partial charge on any atom is 0.241 e. The van der Waals surface area contributed by atoms with Crippen LogP contribution < -0.4 is 11.5 Å². The number of nitrogens with zero attached hydrogens (tertiary/aromatic N) is 2. The highest BCUT2D eigenvalue weighted by molar-refractivity contribution is 8.01. The van der Waals surface area contributed by atoms with Gasteiger partial charge in [0.15, 0.2) is 0 Å². The Labute approximate surface area is 115 Å². The van der Waals surface area contributed by atoms with Gasteiger partial charge in [0.2, 0.25) is 17.7 Å². The standard InChI is InChI=1S/C11H18N4O3S/c1-7(16)14-5-11(6-14)15(2-3-19-11)10(18)8(12)4-9(13)17/h8H,2-6,12H2,1H3,(H2,13,17)/t8-/m0/s1. The Morgan fingerprint density at radius 3 is 2.53 bits per heavy atom. The average molecular weight is 286 g/mol. The van der Waals surface area contributed by atoms with Crippen LogP contribution in [0, 0.1) is 0 Å². The topological polar surface area (TPSA) is 110 Å². The number of likely N-dealkylation sites (tertiary alicyclic amines) is 1. The Balaban J connectivity index is 2.02. The summed E-state index contributed by atoms with van der Waals surface area (Å²) in [6.07, 6.45) is -0.146. The van der Waals surface area contributed by atoms with Crippen LogP contribution in [0.5, 0.6) is 0 Å². The van der Waals surface area contributed by atoms with Crippen LogP contribution in [0.4, 0.5) is 0 Å². The van der Waals surface area contributed by atoms with Crippen LogP contribution in [0.3, 0.4) is 0 Å². The van der Waals surface area contributed by atoms with Crippen molar-refractivity contribution < 1.29 is 14.4 Å². The quantitative estimate of drug-likeness (QED) is 0.644. The third-order valence-corrected chi connectivity index (χ3v) is 4.91. The smallest absolute Gasteiger partial charge is 0.241 e. The van der Waals surface area contributed by atoms with E-state index in [9.17, 15) is 14.4 Å². The van der Waals surface area contributed by atoms with E-state index in [-0.39, 0.29) is 23.1 Å². The molecule has 2 heterocycles. The van der Waals surface area contributed by atoms with Crippen LogP contribution in [-0.4, -0.2) is 63.8 Å². The molecule has 2 rings (SSSR count). The third kappa shape index (κ3) is 2.55. The highest BCUT2D eigenvalue weighted by atomic mass is 32.2. The zero-order valence-electron chi connectivity index (χ0n) is 10.8. The molecule has 2 fully saturated rings. The van der Waals surface area contributed by atoms with Gasteiger partial charge in [-0.25, -0.2) is 0 Å². The van der Waals surface area contributed by atoms with E-state index in [4.69, 9.17) is 11.5 Å². The zero-order valence-corrected chi connectivity index (χ0v) is 11.6. The molecule has 0 saturated carbocycles. The summed E-state index contributed by atoms with van der Waals surface area (Å²) in [5, 5.41) is 0. The fourth-order valence-electron chi connectivity index (χ4n) is 2.46. The molecule has 0 aliphatic carbocycles. The molecule has 2 saturated heterocycles. The third-order valence-electron chi connectivity index (χ3n) is 3.50. The highest BCUT2D eigenvalue weighted by Gasteiger charge is 2.54. The van der Waals surface area contributed by atoms with E-state index in [2.05, 4.69) is 0 Å². The minimum absolute atomic E-state index is 0.00644. The van der Waals surface area contributed by atoms with Gasteiger partial charge in [0.05, 0.1) is 25.6 Å². The summed E-state index contributed by atoms with van der Waals surface area (Å²) < 4.78 is 0.